The van der Waals surface area contributed by atoms with Crippen molar-refractivity contribution in [1.82, 2.24) is 0 Å². The zero-order valence-electron chi connectivity index (χ0n) is 4.88. The van der Waals surface area contributed by atoms with Gasteiger partial charge < -0.3 is 0 Å². The quantitative estimate of drug-likeness (QED) is 0.692. The van der Waals surface area contributed by atoms with Crippen molar-refractivity contribution in [2.45, 2.75) is 6.42 Å². The van der Waals surface area contributed by atoms with Crippen LogP contribution in [0.1, 0.15) is 4.88 Å². The summed E-state index contributed by atoms with van der Waals surface area (Å²) in [6.45, 7) is 0. The maximum atomic E-state index is 3.22. The molecule has 0 bridgehead atoms. The molecule has 0 aliphatic heterocycles. The average molecular weight is 203 g/mol. The minimum atomic E-state index is 1.04. The predicted molar refractivity (Wildman–Crippen MR) is 46.1 cm³/mol. The lowest BCUT2D eigenvalue weighted by Gasteiger charge is -1.82. The molecule has 1 heterocycles. The van der Waals surface area contributed by atoms with E-state index in [9.17, 15) is 0 Å². The van der Waals surface area contributed by atoms with Crippen LogP contribution < -0.4 is 0 Å². The summed E-state index contributed by atoms with van der Waals surface area (Å²) in [7, 11) is 0. The van der Waals surface area contributed by atoms with Crippen LogP contribution in [0.15, 0.2) is 28.6 Å². The molecule has 0 nitrogen and oxygen atoms in total. The number of rotatable bonds is 2. The fourth-order valence-electron chi connectivity index (χ4n) is 0.589. The molecule has 0 aromatic carbocycles. The smallest absolute Gasteiger partial charge is 0.00831 e. The molecule has 0 atom stereocenters. The molecule has 9 heavy (non-hydrogen) atoms. The summed E-state index contributed by atoms with van der Waals surface area (Å²) in [4.78, 5) is 3.30. The van der Waals surface area contributed by atoms with Gasteiger partial charge in [0, 0.05) is 11.3 Å². The van der Waals surface area contributed by atoms with E-state index in [2.05, 4.69) is 39.5 Å². The fraction of sp³-hybridized carbons (Fsp3) is 0.143. The van der Waals surface area contributed by atoms with Gasteiger partial charge in [0.15, 0.2) is 0 Å². The topological polar surface area (TPSA) is 0 Å². The maximum absolute atomic E-state index is 3.22. The van der Waals surface area contributed by atoms with E-state index < -0.39 is 0 Å². The summed E-state index contributed by atoms with van der Waals surface area (Å²) in [6.07, 6.45) is 3.13. The number of allylic oxidation sites excluding steroid dienone is 1. The van der Waals surface area contributed by atoms with Crippen molar-refractivity contribution in [3.63, 3.8) is 0 Å². The van der Waals surface area contributed by atoms with Gasteiger partial charge in [-0.15, -0.1) is 11.3 Å². The van der Waals surface area contributed by atoms with Gasteiger partial charge in [0.05, 0.1) is 0 Å². The molecular weight excluding hydrogens is 196 g/mol. The van der Waals surface area contributed by atoms with Gasteiger partial charge in [-0.2, -0.15) is 0 Å². The fourth-order valence-corrected chi connectivity index (χ4v) is 1.46. The van der Waals surface area contributed by atoms with Gasteiger partial charge >= 0.3 is 0 Å². The standard InChI is InChI=1S/C7H7BrS/c8-5-1-3-7-4-2-6-9-7/h1-2,4-6H,3H2/b5-1+. The SMILES string of the molecule is Br/C=C/Cc1cccs1. The van der Waals surface area contributed by atoms with Gasteiger partial charge in [0.25, 0.3) is 0 Å². The highest BCUT2D eigenvalue weighted by Gasteiger charge is 1.85. The predicted octanol–water partition coefficient (Wildman–Crippen LogP) is 3.20. The molecule has 0 fully saturated rings. The Morgan fingerprint density at radius 1 is 1.67 bits per heavy atom. The second-order valence-electron chi connectivity index (χ2n) is 1.65. The van der Waals surface area contributed by atoms with E-state index in [0.717, 1.165) is 6.42 Å². The second kappa shape index (κ2) is 3.85. The third-order valence-electron chi connectivity index (χ3n) is 0.988. The molecule has 1 rings (SSSR count). The zero-order valence-corrected chi connectivity index (χ0v) is 7.28. The van der Waals surface area contributed by atoms with Crippen molar-refractivity contribution in [3.05, 3.63) is 33.5 Å². The first-order valence-corrected chi connectivity index (χ1v) is 4.50. The molecule has 0 saturated heterocycles. The highest BCUT2D eigenvalue weighted by molar-refractivity contribution is 9.11. The Kier molecular flexibility index (Phi) is 3.01. The second-order valence-corrected chi connectivity index (χ2v) is 3.21. The lowest BCUT2D eigenvalue weighted by atomic mass is 10.3. The normalized spacial score (nSPS) is 10.8. The lowest BCUT2D eigenvalue weighted by Crippen LogP contribution is -1.67. The first-order chi connectivity index (χ1) is 4.43. The van der Waals surface area contributed by atoms with E-state index in [-0.39, 0.29) is 0 Å². The first-order valence-electron chi connectivity index (χ1n) is 2.71. The van der Waals surface area contributed by atoms with Crippen molar-refractivity contribution >= 4 is 27.3 Å². The Hall–Kier alpha value is -0.0800. The van der Waals surface area contributed by atoms with Gasteiger partial charge in [0.1, 0.15) is 0 Å². The van der Waals surface area contributed by atoms with Crippen LogP contribution in [0, 0.1) is 0 Å². The Balaban J connectivity index is 2.48. The van der Waals surface area contributed by atoms with E-state index in [1.165, 1.54) is 4.88 Å². The van der Waals surface area contributed by atoms with Gasteiger partial charge in [-0.1, -0.05) is 28.1 Å². The molecule has 0 spiro atoms. The van der Waals surface area contributed by atoms with Crippen LogP contribution in [0.5, 0.6) is 0 Å². The Bertz CT molecular complexity index is 177. The van der Waals surface area contributed by atoms with Crippen molar-refractivity contribution in [1.29, 1.82) is 0 Å². The summed E-state index contributed by atoms with van der Waals surface area (Å²) < 4.78 is 0. The molecule has 1 aromatic heterocycles. The molecule has 0 saturated carbocycles. The molecule has 48 valence electrons. The molecule has 2 heteroatoms. The largest absolute Gasteiger partial charge is 0.149 e. The van der Waals surface area contributed by atoms with Crippen LogP contribution in [0.2, 0.25) is 0 Å². The summed E-state index contributed by atoms with van der Waals surface area (Å²) in [6, 6.07) is 4.21. The van der Waals surface area contributed by atoms with E-state index in [1.54, 1.807) is 11.3 Å². The molecule has 0 amide bonds. The van der Waals surface area contributed by atoms with E-state index >= 15 is 0 Å². The third kappa shape index (κ3) is 2.33. The molecule has 0 N–H and O–H groups in total. The average Bonchev–Trinajstić information content (AvgIpc) is 2.34. The number of halogens is 1. The highest BCUT2D eigenvalue weighted by atomic mass is 79.9. The summed E-state index contributed by atoms with van der Waals surface area (Å²) in [5.41, 5.74) is 0. The maximum Gasteiger partial charge on any atom is 0.00831 e. The van der Waals surface area contributed by atoms with Gasteiger partial charge in [-0.05, 0) is 16.4 Å². The Morgan fingerprint density at radius 2 is 2.56 bits per heavy atom. The van der Waals surface area contributed by atoms with Gasteiger partial charge in [0.2, 0.25) is 0 Å². The summed E-state index contributed by atoms with van der Waals surface area (Å²) >= 11 is 5.01. The zero-order chi connectivity index (χ0) is 6.53. The molecule has 0 aliphatic carbocycles. The van der Waals surface area contributed by atoms with Crippen molar-refractivity contribution in [3.8, 4) is 0 Å². The summed E-state index contributed by atoms with van der Waals surface area (Å²) in [5, 5.41) is 2.09. The highest BCUT2D eigenvalue weighted by Crippen LogP contribution is 2.09. The van der Waals surface area contributed by atoms with Crippen molar-refractivity contribution in [2.24, 2.45) is 0 Å². The number of thiophene rings is 1. The molecule has 0 aliphatic rings. The third-order valence-corrected chi connectivity index (χ3v) is 2.26. The minimum absolute atomic E-state index is 1.04. The van der Waals surface area contributed by atoms with Gasteiger partial charge in [-0.3, -0.25) is 0 Å². The van der Waals surface area contributed by atoms with Crippen LogP contribution in [0.3, 0.4) is 0 Å². The van der Waals surface area contributed by atoms with Crippen LogP contribution in [0.25, 0.3) is 0 Å². The molecule has 1 aromatic rings. The van der Waals surface area contributed by atoms with Crippen molar-refractivity contribution < 1.29 is 0 Å². The van der Waals surface area contributed by atoms with Crippen LogP contribution >= 0.6 is 27.3 Å². The van der Waals surface area contributed by atoms with Crippen molar-refractivity contribution in [2.75, 3.05) is 0 Å². The Morgan fingerprint density at radius 3 is 3.11 bits per heavy atom. The first kappa shape index (κ1) is 7.03. The minimum Gasteiger partial charge on any atom is -0.149 e. The Labute approximate surface area is 67.3 Å². The van der Waals surface area contributed by atoms with E-state index in [0.29, 0.717) is 0 Å². The van der Waals surface area contributed by atoms with E-state index in [1.807, 2.05) is 4.99 Å². The number of hydrogen-bond acceptors (Lipinski definition) is 1. The monoisotopic (exact) mass is 202 g/mol. The van der Waals surface area contributed by atoms with Crippen LogP contribution in [0.4, 0.5) is 0 Å². The number of hydrogen-bond donors (Lipinski definition) is 0. The van der Waals surface area contributed by atoms with Crippen LogP contribution in [-0.4, -0.2) is 0 Å². The lowest BCUT2D eigenvalue weighted by molar-refractivity contribution is 1.35. The molecule has 0 radical (unpaired) electrons. The van der Waals surface area contributed by atoms with Crippen LogP contribution in [-0.2, 0) is 6.42 Å². The van der Waals surface area contributed by atoms with Gasteiger partial charge in [-0.25, -0.2) is 0 Å². The molecule has 0 unspecified atom stereocenters. The summed E-state index contributed by atoms with van der Waals surface area (Å²) in [5.74, 6) is 0. The van der Waals surface area contributed by atoms with E-state index in [4.69, 9.17) is 0 Å². The molecular formula is C7H7BrS.